The summed E-state index contributed by atoms with van der Waals surface area (Å²) < 4.78 is 5.84. The summed E-state index contributed by atoms with van der Waals surface area (Å²) in [6.07, 6.45) is 1.64. The molecule has 0 amide bonds. The van der Waals surface area contributed by atoms with E-state index in [-0.39, 0.29) is 17.4 Å². The molecule has 0 radical (unpaired) electrons. The second-order valence-corrected chi connectivity index (χ2v) is 4.69. The first-order valence-corrected chi connectivity index (χ1v) is 5.87. The lowest BCUT2D eigenvalue weighted by Crippen LogP contribution is -2.31. The van der Waals surface area contributed by atoms with Crippen molar-refractivity contribution in [3.8, 4) is 5.75 Å². The Bertz CT molecular complexity index is 614. The van der Waals surface area contributed by atoms with E-state index in [4.69, 9.17) is 10.5 Å². The molecule has 3 rings (SSSR count). The van der Waals surface area contributed by atoms with Crippen molar-refractivity contribution in [3.05, 3.63) is 47.0 Å². The van der Waals surface area contributed by atoms with Gasteiger partial charge in [-0.15, -0.1) is 0 Å². The van der Waals surface area contributed by atoms with E-state index in [0.29, 0.717) is 5.76 Å². The van der Waals surface area contributed by atoms with E-state index in [0.717, 1.165) is 22.7 Å². The summed E-state index contributed by atoms with van der Waals surface area (Å²) in [5, 5.41) is 3.25. The third kappa shape index (κ3) is 1.49. The van der Waals surface area contributed by atoms with E-state index in [1.54, 1.807) is 13.0 Å². The van der Waals surface area contributed by atoms with Crippen LogP contribution in [0, 0.1) is 12.8 Å². The zero-order valence-electron chi connectivity index (χ0n) is 10.3. The topological polar surface area (TPSA) is 64.3 Å². The number of ether oxygens (including phenoxy) is 1. The molecule has 4 nitrogen and oxygen atoms in total. The van der Waals surface area contributed by atoms with Gasteiger partial charge in [-0.3, -0.25) is 4.79 Å². The van der Waals surface area contributed by atoms with Gasteiger partial charge in [0.05, 0.1) is 23.0 Å². The molecule has 0 saturated carbocycles. The van der Waals surface area contributed by atoms with Gasteiger partial charge >= 0.3 is 0 Å². The summed E-state index contributed by atoms with van der Waals surface area (Å²) in [5.74, 6) is 0.965. The standard InChI is InChI=1S/C14H14N2O2/c1-7-3-4-10-12(5-7)18-14-8(2)13(17)9(15)6-11(14)16-10/h3-6,8,16H,15H2,1-2H3/t8-/m0/s1. The molecular formula is C14H14N2O2. The maximum absolute atomic E-state index is 11.8. The van der Waals surface area contributed by atoms with Gasteiger partial charge in [-0.05, 0) is 37.6 Å². The Morgan fingerprint density at radius 3 is 2.94 bits per heavy atom. The van der Waals surface area contributed by atoms with Crippen LogP contribution < -0.4 is 15.8 Å². The number of hydrogen-bond donors (Lipinski definition) is 2. The zero-order chi connectivity index (χ0) is 12.9. The van der Waals surface area contributed by atoms with E-state index in [2.05, 4.69) is 5.32 Å². The molecule has 1 aromatic carbocycles. The molecule has 1 aromatic rings. The second kappa shape index (κ2) is 3.63. The molecule has 0 spiro atoms. The summed E-state index contributed by atoms with van der Waals surface area (Å²) in [6, 6.07) is 5.91. The van der Waals surface area contributed by atoms with Crippen LogP contribution in [-0.2, 0) is 4.79 Å². The third-order valence-electron chi connectivity index (χ3n) is 3.26. The molecule has 1 atom stereocenters. The molecule has 3 N–H and O–H groups in total. The highest BCUT2D eigenvalue weighted by Crippen LogP contribution is 2.38. The Morgan fingerprint density at radius 2 is 2.17 bits per heavy atom. The van der Waals surface area contributed by atoms with Crippen LogP contribution in [0.15, 0.2) is 41.4 Å². The Morgan fingerprint density at radius 1 is 1.39 bits per heavy atom. The van der Waals surface area contributed by atoms with E-state index in [9.17, 15) is 4.79 Å². The zero-order valence-corrected chi connectivity index (χ0v) is 10.3. The van der Waals surface area contributed by atoms with Gasteiger partial charge in [0.25, 0.3) is 0 Å². The molecule has 92 valence electrons. The van der Waals surface area contributed by atoms with E-state index in [1.807, 2.05) is 25.1 Å². The molecule has 0 saturated heterocycles. The summed E-state index contributed by atoms with van der Waals surface area (Å²) in [6.45, 7) is 3.81. The highest BCUT2D eigenvalue weighted by Gasteiger charge is 2.32. The average Bonchev–Trinajstić information content (AvgIpc) is 2.35. The van der Waals surface area contributed by atoms with Gasteiger partial charge < -0.3 is 15.8 Å². The minimum atomic E-state index is -0.342. The molecular weight excluding hydrogens is 228 g/mol. The number of allylic oxidation sites excluding steroid dienone is 3. The summed E-state index contributed by atoms with van der Waals surface area (Å²) in [5.41, 5.74) is 8.76. The third-order valence-corrected chi connectivity index (χ3v) is 3.26. The lowest BCUT2D eigenvalue weighted by Gasteiger charge is -2.29. The SMILES string of the molecule is Cc1ccc2c(c1)OC1=C(C=C(N)C(=O)[C@@H]1C)N2. The van der Waals surface area contributed by atoms with Gasteiger partial charge in [-0.1, -0.05) is 6.07 Å². The van der Waals surface area contributed by atoms with Crippen LogP contribution in [0.4, 0.5) is 5.69 Å². The van der Waals surface area contributed by atoms with Gasteiger partial charge in [0.1, 0.15) is 5.76 Å². The molecule has 2 aliphatic rings. The van der Waals surface area contributed by atoms with Crippen LogP contribution in [-0.4, -0.2) is 5.78 Å². The number of Topliss-reactive ketones (excluding diaryl/α,β-unsaturated/α-hetero) is 1. The number of ketones is 1. The fraction of sp³-hybridized carbons (Fsp3) is 0.214. The van der Waals surface area contributed by atoms with E-state index in [1.165, 1.54) is 0 Å². The molecule has 0 aromatic heterocycles. The lowest BCUT2D eigenvalue weighted by atomic mass is 9.93. The van der Waals surface area contributed by atoms with Crippen molar-refractivity contribution in [3.63, 3.8) is 0 Å². The number of rotatable bonds is 0. The minimum absolute atomic E-state index is 0.0911. The molecule has 18 heavy (non-hydrogen) atoms. The Hall–Kier alpha value is -2.23. The van der Waals surface area contributed by atoms with Crippen molar-refractivity contribution in [1.82, 2.24) is 0 Å². The maximum atomic E-state index is 11.8. The normalized spacial score (nSPS) is 21.6. The first-order chi connectivity index (χ1) is 8.56. The number of fused-ring (bicyclic) bond motifs is 1. The number of benzene rings is 1. The molecule has 4 heteroatoms. The maximum Gasteiger partial charge on any atom is 0.188 e. The molecule has 0 unspecified atom stereocenters. The number of anilines is 1. The minimum Gasteiger partial charge on any atom is -0.457 e. The van der Waals surface area contributed by atoms with Crippen LogP contribution in [0.5, 0.6) is 5.75 Å². The number of hydrogen-bond acceptors (Lipinski definition) is 4. The predicted octanol–water partition coefficient (Wildman–Crippen LogP) is 2.07. The Balaban J connectivity index is 2.07. The summed E-state index contributed by atoms with van der Waals surface area (Å²) in [4.78, 5) is 11.8. The largest absolute Gasteiger partial charge is 0.457 e. The Kier molecular flexibility index (Phi) is 2.20. The quantitative estimate of drug-likeness (QED) is 0.731. The van der Waals surface area contributed by atoms with Crippen molar-refractivity contribution >= 4 is 11.5 Å². The average molecular weight is 242 g/mol. The summed E-state index contributed by atoms with van der Waals surface area (Å²) in [7, 11) is 0. The van der Waals surface area contributed by atoms with E-state index >= 15 is 0 Å². The van der Waals surface area contributed by atoms with Crippen LogP contribution in [0.2, 0.25) is 0 Å². The van der Waals surface area contributed by atoms with Gasteiger partial charge in [-0.2, -0.15) is 0 Å². The van der Waals surface area contributed by atoms with Crippen molar-refractivity contribution in [2.75, 3.05) is 5.32 Å². The number of nitrogens with one attached hydrogen (secondary N) is 1. The first-order valence-electron chi connectivity index (χ1n) is 5.87. The Labute approximate surface area is 105 Å². The highest BCUT2D eigenvalue weighted by atomic mass is 16.5. The van der Waals surface area contributed by atoms with Gasteiger partial charge in [0.15, 0.2) is 11.5 Å². The molecule has 0 fully saturated rings. The van der Waals surface area contributed by atoms with Crippen molar-refractivity contribution < 1.29 is 9.53 Å². The second-order valence-electron chi connectivity index (χ2n) is 4.69. The molecule has 1 heterocycles. The van der Waals surface area contributed by atoms with Crippen molar-refractivity contribution in [2.24, 2.45) is 11.7 Å². The van der Waals surface area contributed by atoms with Crippen molar-refractivity contribution in [1.29, 1.82) is 0 Å². The molecule has 0 bridgehead atoms. The first kappa shape index (κ1) is 10.9. The molecule has 1 aliphatic heterocycles. The van der Waals surface area contributed by atoms with E-state index < -0.39 is 0 Å². The molecule has 1 aliphatic carbocycles. The van der Waals surface area contributed by atoms with Crippen molar-refractivity contribution in [2.45, 2.75) is 13.8 Å². The number of carbonyl (C=O) groups is 1. The summed E-state index contributed by atoms with van der Waals surface area (Å²) >= 11 is 0. The fourth-order valence-electron chi connectivity index (χ4n) is 2.22. The van der Waals surface area contributed by atoms with Crippen LogP contribution in [0.1, 0.15) is 12.5 Å². The van der Waals surface area contributed by atoms with Gasteiger partial charge in [0.2, 0.25) is 0 Å². The number of aryl methyl sites for hydroxylation is 1. The van der Waals surface area contributed by atoms with Gasteiger partial charge in [0, 0.05) is 0 Å². The number of nitrogens with two attached hydrogens (primary N) is 1. The monoisotopic (exact) mass is 242 g/mol. The van der Waals surface area contributed by atoms with Crippen LogP contribution >= 0.6 is 0 Å². The van der Waals surface area contributed by atoms with Crippen LogP contribution in [0.3, 0.4) is 0 Å². The van der Waals surface area contributed by atoms with Gasteiger partial charge in [-0.25, -0.2) is 0 Å². The fourth-order valence-corrected chi connectivity index (χ4v) is 2.22. The number of carbonyl (C=O) groups excluding carboxylic acids is 1. The lowest BCUT2D eigenvalue weighted by molar-refractivity contribution is -0.118. The predicted molar refractivity (Wildman–Crippen MR) is 68.9 cm³/mol. The highest BCUT2D eigenvalue weighted by molar-refractivity contribution is 6.00. The van der Waals surface area contributed by atoms with Crippen LogP contribution in [0.25, 0.3) is 0 Å². The smallest absolute Gasteiger partial charge is 0.188 e.